The van der Waals surface area contributed by atoms with Crippen LogP contribution in [-0.4, -0.2) is 27.9 Å². The number of rotatable bonds is 5. The first-order chi connectivity index (χ1) is 12.0. The Hall–Kier alpha value is -1.98. The number of fused-ring (bicyclic) bond motifs is 1. The molecule has 2 aromatic rings. The van der Waals surface area contributed by atoms with Gasteiger partial charge in [-0.1, -0.05) is 25.5 Å². The van der Waals surface area contributed by atoms with Crippen molar-refractivity contribution < 1.29 is 19.3 Å². The molecule has 0 spiro atoms. The highest BCUT2D eigenvalue weighted by Crippen LogP contribution is 2.38. The zero-order valence-corrected chi connectivity index (χ0v) is 14.6. The van der Waals surface area contributed by atoms with Gasteiger partial charge in [-0.3, -0.25) is 0 Å². The van der Waals surface area contributed by atoms with E-state index in [1.165, 1.54) is 6.07 Å². The number of nitrogens with zero attached hydrogens (tertiary/aromatic N) is 1. The maximum Gasteiger partial charge on any atom is 0.217 e. The molecule has 0 aliphatic carbocycles. The van der Waals surface area contributed by atoms with E-state index in [-0.39, 0.29) is 18.5 Å². The van der Waals surface area contributed by atoms with E-state index >= 15 is 0 Å². The molecule has 2 atom stereocenters. The van der Waals surface area contributed by atoms with Crippen LogP contribution in [0.5, 0.6) is 5.88 Å². The first-order valence-electron chi connectivity index (χ1n) is 8.79. The summed E-state index contributed by atoms with van der Waals surface area (Å²) in [5.41, 5.74) is 3.37. The maximum absolute atomic E-state index is 14.6. The molecule has 1 aromatic carbocycles. The van der Waals surface area contributed by atoms with Crippen LogP contribution in [0.3, 0.4) is 0 Å². The van der Waals surface area contributed by atoms with Crippen LogP contribution >= 0.6 is 0 Å². The monoisotopic (exact) mass is 345 g/mol. The third kappa shape index (κ3) is 3.67. The molecule has 3 rings (SSSR count). The lowest BCUT2D eigenvalue weighted by Gasteiger charge is -2.27. The van der Waals surface area contributed by atoms with Crippen molar-refractivity contribution in [1.82, 2.24) is 4.98 Å². The van der Waals surface area contributed by atoms with Crippen LogP contribution in [0.4, 0.5) is 4.39 Å². The minimum Gasteiger partial charge on any atom is -0.472 e. The van der Waals surface area contributed by atoms with Crippen molar-refractivity contribution in [2.75, 3.05) is 6.61 Å². The first-order valence-corrected chi connectivity index (χ1v) is 8.79. The number of ether oxygens (including phenoxy) is 1. The Morgan fingerprint density at radius 2 is 2.12 bits per heavy atom. The van der Waals surface area contributed by atoms with Crippen molar-refractivity contribution in [2.24, 2.45) is 0 Å². The molecule has 0 bridgehead atoms. The molecule has 0 saturated heterocycles. The highest BCUT2D eigenvalue weighted by atomic mass is 19.1. The van der Waals surface area contributed by atoms with E-state index in [0.717, 1.165) is 17.5 Å². The normalized spacial score (nSPS) is 17.7. The molecule has 0 amide bonds. The summed E-state index contributed by atoms with van der Waals surface area (Å²) in [6.07, 6.45) is 1.66. The van der Waals surface area contributed by atoms with Gasteiger partial charge in [-0.25, -0.2) is 9.37 Å². The topological polar surface area (TPSA) is 62.6 Å². The van der Waals surface area contributed by atoms with Crippen molar-refractivity contribution in [3.63, 3.8) is 0 Å². The van der Waals surface area contributed by atoms with Crippen LogP contribution in [0.15, 0.2) is 24.3 Å². The second kappa shape index (κ2) is 7.50. The van der Waals surface area contributed by atoms with Crippen LogP contribution in [-0.2, 0) is 6.42 Å². The van der Waals surface area contributed by atoms with E-state index in [2.05, 4.69) is 4.98 Å². The van der Waals surface area contributed by atoms with E-state index in [0.29, 0.717) is 42.0 Å². The highest BCUT2D eigenvalue weighted by molar-refractivity contribution is 5.71. The molecule has 1 aliphatic heterocycles. The van der Waals surface area contributed by atoms with Crippen LogP contribution in [0.25, 0.3) is 11.1 Å². The number of hydrogen-bond acceptors (Lipinski definition) is 4. The summed E-state index contributed by atoms with van der Waals surface area (Å²) < 4.78 is 20.3. The Morgan fingerprint density at radius 3 is 2.80 bits per heavy atom. The smallest absolute Gasteiger partial charge is 0.217 e. The molecule has 0 fully saturated rings. The number of hydrogen-bond donors (Lipinski definition) is 2. The first kappa shape index (κ1) is 17.8. The van der Waals surface area contributed by atoms with Gasteiger partial charge in [0.15, 0.2) is 0 Å². The van der Waals surface area contributed by atoms with Gasteiger partial charge in [-0.15, -0.1) is 0 Å². The third-order valence-electron chi connectivity index (χ3n) is 4.62. The van der Waals surface area contributed by atoms with E-state index in [1.54, 1.807) is 12.1 Å². The molecule has 2 N–H and O–H groups in total. The lowest BCUT2D eigenvalue weighted by molar-refractivity contribution is 0.0912. The van der Waals surface area contributed by atoms with Gasteiger partial charge in [-0.05, 0) is 49.4 Å². The molecule has 25 heavy (non-hydrogen) atoms. The second-order valence-corrected chi connectivity index (χ2v) is 6.63. The zero-order valence-electron chi connectivity index (χ0n) is 14.6. The van der Waals surface area contributed by atoms with Gasteiger partial charge in [0.05, 0.1) is 18.4 Å². The van der Waals surface area contributed by atoms with Crippen molar-refractivity contribution >= 4 is 0 Å². The fourth-order valence-corrected chi connectivity index (χ4v) is 3.23. The number of aryl methyl sites for hydroxylation is 1. The standard InChI is InChI=1S/C20H24FNO3/c1-3-4-19(24)18-10-16(14-7-5-12(2)9-17(14)21)15-8-6-13(11-23)25-20(15)22-18/h5,7,9-10,13,19,23-24H,3-4,6,8,11H2,1-2H3. The predicted molar refractivity (Wildman–Crippen MR) is 94.1 cm³/mol. The SMILES string of the molecule is CCCC(O)c1cc(-c2ccc(C)cc2F)c2c(n1)OC(CO)CC2. The number of aromatic nitrogens is 1. The van der Waals surface area contributed by atoms with Crippen LogP contribution in [0.2, 0.25) is 0 Å². The summed E-state index contributed by atoms with van der Waals surface area (Å²) in [7, 11) is 0. The number of halogens is 1. The van der Waals surface area contributed by atoms with E-state index in [9.17, 15) is 14.6 Å². The Kier molecular flexibility index (Phi) is 5.35. The molecule has 2 unspecified atom stereocenters. The van der Waals surface area contributed by atoms with Crippen molar-refractivity contribution in [3.8, 4) is 17.0 Å². The van der Waals surface area contributed by atoms with Gasteiger partial charge >= 0.3 is 0 Å². The van der Waals surface area contributed by atoms with Gasteiger partial charge in [0.25, 0.3) is 0 Å². The number of pyridine rings is 1. The molecule has 5 heteroatoms. The summed E-state index contributed by atoms with van der Waals surface area (Å²) in [6, 6.07) is 6.90. The van der Waals surface area contributed by atoms with Crippen molar-refractivity contribution in [3.05, 3.63) is 46.9 Å². The summed E-state index contributed by atoms with van der Waals surface area (Å²) in [5.74, 6) is 0.0986. The predicted octanol–water partition coefficient (Wildman–Crippen LogP) is 3.72. The molecule has 4 nitrogen and oxygen atoms in total. The molecule has 134 valence electrons. The average Bonchev–Trinajstić information content (AvgIpc) is 2.60. The van der Waals surface area contributed by atoms with Crippen LogP contribution < -0.4 is 4.74 Å². The minimum atomic E-state index is -0.722. The van der Waals surface area contributed by atoms with Crippen LogP contribution in [0, 0.1) is 12.7 Å². The number of aliphatic hydroxyl groups is 2. The van der Waals surface area contributed by atoms with Gasteiger partial charge in [0, 0.05) is 11.1 Å². The average molecular weight is 345 g/mol. The highest BCUT2D eigenvalue weighted by Gasteiger charge is 2.26. The molecule has 0 saturated carbocycles. The Morgan fingerprint density at radius 1 is 1.32 bits per heavy atom. The molecule has 1 aliphatic rings. The van der Waals surface area contributed by atoms with Gasteiger partial charge < -0.3 is 14.9 Å². The maximum atomic E-state index is 14.6. The van der Waals surface area contributed by atoms with E-state index in [4.69, 9.17) is 4.74 Å². The molecular weight excluding hydrogens is 321 g/mol. The van der Waals surface area contributed by atoms with Gasteiger partial charge in [0.2, 0.25) is 5.88 Å². The lowest BCUT2D eigenvalue weighted by atomic mass is 9.92. The molecule has 1 aromatic heterocycles. The lowest BCUT2D eigenvalue weighted by Crippen LogP contribution is -2.27. The summed E-state index contributed by atoms with van der Waals surface area (Å²) in [5, 5.41) is 19.7. The number of aliphatic hydroxyl groups excluding tert-OH is 2. The van der Waals surface area contributed by atoms with E-state index < -0.39 is 6.10 Å². The summed E-state index contributed by atoms with van der Waals surface area (Å²) in [4.78, 5) is 4.46. The second-order valence-electron chi connectivity index (χ2n) is 6.63. The number of benzene rings is 1. The molecule has 0 radical (unpaired) electrons. The van der Waals surface area contributed by atoms with Crippen molar-refractivity contribution in [2.45, 2.75) is 51.7 Å². The minimum absolute atomic E-state index is 0.0862. The Bertz CT molecular complexity index is 763. The summed E-state index contributed by atoms with van der Waals surface area (Å²) >= 11 is 0. The van der Waals surface area contributed by atoms with Gasteiger partial charge in [-0.2, -0.15) is 0 Å². The molecule has 2 heterocycles. The summed E-state index contributed by atoms with van der Waals surface area (Å²) in [6.45, 7) is 3.75. The third-order valence-corrected chi connectivity index (χ3v) is 4.62. The van der Waals surface area contributed by atoms with E-state index in [1.807, 2.05) is 19.9 Å². The van der Waals surface area contributed by atoms with Crippen LogP contribution in [0.1, 0.15) is 49.1 Å². The fourth-order valence-electron chi connectivity index (χ4n) is 3.23. The quantitative estimate of drug-likeness (QED) is 0.867. The fraction of sp³-hybridized carbons (Fsp3) is 0.450. The zero-order chi connectivity index (χ0) is 18.0. The Balaban J connectivity index is 2.14. The molecular formula is C20H24FNO3. The van der Waals surface area contributed by atoms with Gasteiger partial charge in [0.1, 0.15) is 11.9 Å². The van der Waals surface area contributed by atoms with Crippen molar-refractivity contribution in [1.29, 1.82) is 0 Å². The Labute approximate surface area is 147 Å². The largest absolute Gasteiger partial charge is 0.472 e.